The van der Waals surface area contributed by atoms with Gasteiger partial charge in [-0.1, -0.05) is 28.1 Å². The smallest absolute Gasteiger partial charge is 0.291 e. The summed E-state index contributed by atoms with van der Waals surface area (Å²) in [5.41, 5.74) is 1.62. The van der Waals surface area contributed by atoms with Gasteiger partial charge in [0.1, 0.15) is 23.9 Å². The van der Waals surface area contributed by atoms with Gasteiger partial charge in [-0.05, 0) is 54.1 Å². The first kappa shape index (κ1) is 20.7. The zero-order valence-electron chi connectivity index (χ0n) is 16.7. The quantitative estimate of drug-likeness (QED) is 0.377. The van der Waals surface area contributed by atoms with Crippen molar-refractivity contribution < 1.29 is 18.7 Å². The molecule has 2 aromatic carbocycles. The Morgan fingerprint density at radius 3 is 2.77 bits per heavy atom. The number of halogens is 1. The van der Waals surface area contributed by atoms with Crippen molar-refractivity contribution >= 4 is 27.5 Å². The second-order valence-electron chi connectivity index (χ2n) is 6.74. The molecule has 0 atom stereocenters. The molecule has 0 bridgehead atoms. The van der Waals surface area contributed by atoms with Crippen LogP contribution in [0.15, 0.2) is 81.9 Å². The predicted molar refractivity (Wildman–Crippen MR) is 119 cm³/mol. The summed E-state index contributed by atoms with van der Waals surface area (Å²) in [6, 6.07) is 18.6. The molecule has 158 valence electrons. The number of carbonyl (C=O) groups is 1. The molecule has 0 aliphatic rings. The molecule has 0 spiro atoms. The highest BCUT2D eigenvalue weighted by molar-refractivity contribution is 9.10. The number of nitrogens with zero attached hydrogens (tertiary/aromatic N) is 2. The Morgan fingerprint density at radius 1 is 1.13 bits per heavy atom. The fourth-order valence-corrected chi connectivity index (χ4v) is 3.19. The third-order valence-corrected chi connectivity index (χ3v) is 4.98. The Bertz CT molecular complexity index is 1170. The Balaban J connectivity index is 1.33. The van der Waals surface area contributed by atoms with Gasteiger partial charge in [-0.25, -0.2) is 0 Å². The van der Waals surface area contributed by atoms with Gasteiger partial charge in [-0.15, -0.1) is 0 Å². The standard InChI is InChI=1S/C23H20BrN3O4/c1-29-20-4-2-3-16(11-20)13-27-14-18(12-25-27)26-23(28)22-10-9-21(31-22)15-30-19-7-5-17(24)6-8-19/h2-12,14H,13,15H2,1H3,(H,26,28). The average Bonchev–Trinajstić information content (AvgIpc) is 3.43. The zero-order chi connectivity index (χ0) is 21.6. The third kappa shape index (κ3) is 5.55. The summed E-state index contributed by atoms with van der Waals surface area (Å²) < 4.78 is 19.2. The van der Waals surface area contributed by atoms with Crippen molar-refractivity contribution in [3.8, 4) is 11.5 Å². The molecule has 1 N–H and O–H groups in total. The van der Waals surface area contributed by atoms with Crippen LogP contribution in [0.2, 0.25) is 0 Å². The summed E-state index contributed by atoms with van der Waals surface area (Å²) in [4.78, 5) is 12.5. The maximum absolute atomic E-state index is 12.5. The van der Waals surface area contributed by atoms with Crippen molar-refractivity contribution in [1.29, 1.82) is 0 Å². The fraction of sp³-hybridized carbons (Fsp3) is 0.130. The highest BCUT2D eigenvalue weighted by Crippen LogP contribution is 2.19. The van der Waals surface area contributed by atoms with Crippen LogP contribution in [0.3, 0.4) is 0 Å². The van der Waals surface area contributed by atoms with Gasteiger partial charge in [-0.3, -0.25) is 9.48 Å². The highest BCUT2D eigenvalue weighted by Gasteiger charge is 2.13. The molecule has 0 radical (unpaired) electrons. The molecule has 0 aliphatic carbocycles. The van der Waals surface area contributed by atoms with E-state index >= 15 is 0 Å². The molecular weight excluding hydrogens is 462 g/mol. The lowest BCUT2D eigenvalue weighted by Crippen LogP contribution is -2.10. The first-order chi connectivity index (χ1) is 15.1. The van der Waals surface area contributed by atoms with E-state index in [4.69, 9.17) is 13.9 Å². The highest BCUT2D eigenvalue weighted by atomic mass is 79.9. The molecule has 1 amide bonds. The van der Waals surface area contributed by atoms with Gasteiger partial charge in [0.25, 0.3) is 5.91 Å². The second kappa shape index (κ2) is 9.53. The SMILES string of the molecule is COc1cccc(Cn2cc(NC(=O)c3ccc(COc4ccc(Br)cc4)o3)cn2)c1. The number of benzene rings is 2. The first-order valence-electron chi connectivity index (χ1n) is 9.53. The molecule has 7 nitrogen and oxygen atoms in total. The van der Waals surface area contributed by atoms with Crippen molar-refractivity contribution in [3.05, 3.63) is 94.6 Å². The molecule has 8 heteroatoms. The van der Waals surface area contributed by atoms with E-state index in [2.05, 4.69) is 26.3 Å². The van der Waals surface area contributed by atoms with Crippen LogP contribution in [0.4, 0.5) is 5.69 Å². The van der Waals surface area contributed by atoms with E-state index in [1.165, 1.54) is 0 Å². The van der Waals surface area contributed by atoms with Gasteiger partial charge in [0.05, 0.1) is 25.5 Å². The normalized spacial score (nSPS) is 10.6. The van der Waals surface area contributed by atoms with Gasteiger partial charge in [0.15, 0.2) is 5.76 Å². The average molecular weight is 482 g/mol. The lowest BCUT2D eigenvalue weighted by Gasteiger charge is -2.05. The minimum absolute atomic E-state index is 0.204. The zero-order valence-corrected chi connectivity index (χ0v) is 18.3. The maximum atomic E-state index is 12.5. The van der Waals surface area contributed by atoms with E-state index in [9.17, 15) is 4.79 Å². The number of aromatic nitrogens is 2. The van der Waals surface area contributed by atoms with Crippen molar-refractivity contribution in [2.75, 3.05) is 12.4 Å². The van der Waals surface area contributed by atoms with Crippen LogP contribution in [0.25, 0.3) is 0 Å². The Morgan fingerprint density at radius 2 is 1.97 bits per heavy atom. The lowest BCUT2D eigenvalue weighted by atomic mass is 10.2. The number of furan rings is 1. The molecule has 0 fully saturated rings. The second-order valence-corrected chi connectivity index (χ2v) is 7.66. The monoisotopic (exact) mass is 481 g/mol. The summed E-state index contributed by atoms with van der Waals surface area (Å²) in [7, 11) is 1.63. The van der Waals surface area contributed by atoms with E-state index in [0.29, 0.717) is 23.7 Å². The van der Waals surface area contributed by atoms with Crippen LogP contribution in [0, 0.1) is 0 Å². The minimum Gasteiger partial charge on any atom is -0.497 e. The predicted octanol–water partition coefficient (Wildman–Crippen LogP) is 5.13. The molecule has 4 aromatic rings. The van der Waals surface area contributed by atoms with Crippen LogP contribution >= 0.6 is 15.9 Å². The summed E-state index contributed by atoms with van der Waals surface area (Å²) in [5.74, 6) is 1.91. The number of amides is 1. The number of ether oxygens (including phenoxy) is 2. The van der Waals surface area contributed by atoms with E-state index in [0.717, 1.165) is 15.8 Å². The van der Waals surface area contributed by atoms with Gasteiger partial charge in [0, 0.05) is 10.7 Å². The van der Waals surface area contributed by atoms with E-state index in [-0.39, 0.29) is 18.3 Å². The number of rotatable bonds is 8. The van der Waals surface area contributed by atoms with E-state index < -0.39 is 0 Å². The Kier molecular flexibility index (Phi) is 6.37. The molecule has 0 saturated heterocycles. The maximum Gasteiger partial charge on any atom is 0.291 e. The first-order valence-corrected chi connectivity index (χ1v) is 10.3. The number of carbonyl (C=O) groups excluding carboxylic acids is 1. The summed E-state index contributed by atoms with van der Waals surface area (Å²) in [5, 5.41) is 7.09. The van der Waals surface area contributed by atoms with E-state index in [1.807, 2.05) is 48.5 Å². The molecule has 4 rings (SSSR count). The molecule has 2 aromatic heterocycles. The summed E-state index contributed by atoms with van der Waals surface area (Å²) in [6.45, 7) is 0.790. The Labute approximate surface area is 187 Å². The Hall–Kier alpha value is -3.52. The molecule has 0 aliphatic heterocycles. The number of hydrogen-bond donors (Lipinski definition) is 1. The number of anilines is 1. The largest absolute Gasteiger partial charge is 0.497 e. The van der Waals surface area contributed by atoms with Crippen molar-refractivity contribution in [2.45, 2.75) is 13.2 Å². The van der Waals surface area contributed by atoms with Gasteiger partial charge in [-0.2, -0.15) is 5.10 Å². The molecule has 31 heavy (non-hydrogen) atoms. The van der Waals surface area contributed by atoms with Crippen molar-refractivity contribution in [3.63, 3.8) is 0 Å². The lowest BCUT2D eigenvalue weighted by molar-refractivity contribution is 0.0992. The minimum atomic E-state index is -0.351. The molecule has 2 heterocycles. The van der Waals surface area contributed by atoms with E-state index in [1.54, 1.807) is 36.3 Å². The van der Waals surface area contributed by atoms with Crippen LogP contribution in [0.5, 0.6) is 11.5 Å². The summed E-state index contributed by atoms with van der Waals surface area (Å²) in [6.07, 6.45) is 3.36. The number of nitrogens with one attached hydrogen (secondary N) is 1. The van der Waals surface area contributed by atoms with Crippen LogP contribution in [-0.2, 0) is 13.2 Å². The van der Waals surface area contributed by atoms with Crippen LogP contribution < -0.4 is 14.8 Å². The molecular formula is C23H20BrN3O4. The van der Waals surface area contributed by atoms with Gasteiger partial charge >= 0.3 is 0 Å². The number of hydrogen-bond acceptors (Lipinski definition) is 5. The van der Waals surface area contributed by atoms with Gasteiger partial charge in [0.2, 0.25) is 0 Å². The van der Waals surface area contributed by atoms with Crippen LogP contribution in [0.1, 0.15) is 21.9 Å². The topological polar surface area (TPSA) is 78.5 Å². The van der Waals surface area contributed by atoms with Gasteiger partial charge < -0.3 is 19.2 Å². The van der Waals surface area contributed by atoms with Crippen molar-refractivity contribution in [2.24, 2.45) is 0 Å². The third-order valence-electron chi connectivity index (χ3n) is 4.45. The molecule has 0 unspecified atom stereocenters. The molecule has 0 saturated carbocycles. The fourth-order valence-electron chi connectivity index (χ4n) is 2.93. The number of methoxy groups -OCH3 is 1. The van der Waals surface area contributed by atoms with Crippen LogP contribution in [-0.4, -0.2) is 22.8 Å². The van der Waals surface area contributed by atoms with Crippen molar-refractivity contribution in [1.82, 2.24) is 9.78 Å². The summed E-state index contributed by atoms with van der Waals surface area (Å²) >= 11 is 3.38.